The number of nitrogens with two attached hydrogens (primary N) is 1. The average molecular weight is 308 g/mol. The lowest BCUT2D eigenvalue weighted by Crippen LogP contribution is -2.13. The largest absolute Gasteiger partial charge is 0.461 e. The van der Waals surface area contributed by atoms with Gasteiger partial charge in [-0.1, -0.05) is 13.8 Å². The molecule has 7 heteroatoms. The SMILES string of the molecule is CCOC(=O)c1nc(CC)n(CC(C)c2nccs2)c1N. The lowest BCUT2D eigenvalue weighted by atomic mass is 10.2. The molecule has 0 aromatic carbocycles. The van der Waals surface area contributed by atoms with Gasteiger partial charge in [0.15, 0.2) is 5.69 Å². The van der Waals surface area contributed by atoms with Crippen molar-refractivity contribution in [2.24, 2.45) is 0 Å². The molecule has 2 aromatic heterocycles. The maximum Gasteiger partial charge on any atom is 0.360 e. The number of imidazole rings is 1. The Morgan fingerprint density at radius 3 is 2.86 bits per heavy atom. The number of aryl methyl sites for hydroxylation is 1. The van der Waals surface area contributed by atoms with Crippen molar-refractivity contribution in [1.29, 1.82) is 0 Å². The maximum atomic E-state index is 11.9. The molecule has 2 rings (SSSR count). The van der Waals surface area contributed by atoms with Gasteiger partial charge < -0.3 is 15.0 Å². The molecule has 0 bridgehead atoms. The Morgan fingerprint density at radius 1 is 1.52 bits per heavy atom. The molecule has 2 heterocycles. The van der Waals surface area contributed by atoms with Crippen LogP contribution in [0.2, 0.25) is 0 Å². The van der Waals surface area contributed by atoms with E-state index in [1.807, 2.05) is 16.9 Å². The predicted octanol–water partition coefficient (Wildman–Crippen LogP) is 2.46. The highest BCUT2D eigenvalue weighted by Crippen LogP contribution is 2.24. The molecule has 2 N–H and O–H groups in total. The van der Waals surface area contributed by atoms with Crippen LogP contribution in [0.5, 0.6) is 0 Å². The lowest BCUT2D eigenvalue weighted by molar-refractivity contribution is 0.0521. The minimum absolute atomic E-state index is 0.208. The van der Waals surface area contributed by atoms with Crippen molar-refractivity contribution >= 4 is 23.1 Å². The van der Waals surface area contributed by atoms with Crippen molar-refractivity contribution in [1.82, 2.24) is 14.5 Å². The van der Waals surface area contributed by atoms with Crippen LogP contribution < -0.4 is 5.73 Å². The Kier molecular flexibility index (Phi) is 4.95. The van der Waals surface area contributed by atoms with Gasteiger partial charge >= 0.3 is 5.97 Å². The summed E-state index contributed by atoms with van der Waals surface area (Å²) in [6.07, 6.45) is 2.49. The molecule has 0 aliphatic carbocycles. The molecule has 0 radical (unpaired) electrons. The summed E-state index contributed by atoms with van der Waals surface area (Å²) < 4.78 is 6.88. The third kappa shape index (κ3) is 3.24. The van der Waals surface area contributed by atoms with Gasteiger partial charge in [0.2, 0.25) is 0 Å². The molecule has 0 aliphatic heterocycles. The van der Waals surface area contributed by atoms with Crippen LogP contribution in [-0.2, 0) is 17.7 Å². The van der Waals surface area contributed by atoms with E-state index in [9.17, 15) is 4.79 Å². The summed E-state index contributed by atoms with van der Waals surface area (Å²) in [6.45, 7) is 6.79. The number of ether oxygens (including phenoxy) is 1. The van der Waals surface area contributed by atoms with Crippen molar-refractivity contribution < 1.29 is 9.53 Å². The summed E-state index contributed by atoms with van der Waals surface area (Å²) in [4.78, 5) is 20.5. The highest BCUT2D eigenvalue weighted by molar-refractivity contribution is 7.09. The number of hydrogen-bond donors (Lipinski definition) is 1. The van der Waals surface area contributed by atoms with Crippen LogP contribution in [-0.4, -0.2) is 27.1 Å². The Morgan fingerprint density at radius 2 is 2.29 bits per heavy atom. The molecular formula is C14H20N4O2S. The Labute approximate surface area is 128 Å². The van der Waals surface area contributed by atoms with Gasteiger partial charge in [-0.05, 0) is 6.92 Å². The minimum Gasteiger partial charge on any atom is -0.461 e. The van der Waals surface area contributed by atoms with Crippen molar-refractivity contribution in [3.63, 3.8) is 0 Å². The summed E-state index contributed by atoms with van der Waals surface area (Å²) in [5, 5.41) is 3.00. The van der Waals surface area contributed by atoms with E-state index in [0.29, 0.717) is 25.4 Å². The molecule has 0 amide bonds. The van der Waals surface area contributed by atoms with Gasteiger partial charge in [0.05, 0.1) is 11.6 Å². The molecule has 0 aliphatic rings. The van der Waals surface area contributed by atoms with E-state index >= 15 is 0 Å². The van der Waals surface area contributed by atoms with Crippen molar-refractivity contribution in [3.8, 4) is 0 Å². The lowest BCUT2D eigenvalue weighted by Gasteiger charge is -2.13. The van der Waals surface area contributed by atoms with E-state index in [-0.39, 0.29) is 11.6 Å². The van der Waals surface area contributed by atoms with Crippen LogP contribution in [0.4, 0.5) is 5.82 Å². The fourth-order valence-corrected chi connectivity index (χ4v) is 2.86. The van der Waals surface area contributed by atoms with Crippen molar-refractivity contribution in [2.75, 3.05) is 12.3 Å². The predicted molar refractivity (Wildman–Crippen MR) is 82.5 cm³/mol. The standard InChI is InChI=1S/C14H20N4O2S/c1-4-10-17-11(14(19)20-5-2)12(15)18(10)8-9(3)13-16-6-7-21-13/h6-7,9H,4-5,8,15H2,1-3H3. The third-order valence-corrected chi connectivity index (χ3v) is 4.21. The number of carbonyl (C=O) groups is 1. The Hall–Kier alpha value is -1.89. The van der Waals surface area contributed by atoms with E-state index in [2.05, 4.69) is 16.9 Å². The summed E-state index contributed by atoms with van der Waals surface area (Å²) in [7, 11) is 0. The van der Waals surface area contributed by atoms with Gasteiger partial charge in [-0.15, -0.1) is 11.3 Å². The second-order valence-corrected chi connectivity index (χ2v) is 5.64. The number of nitrogen functional groups attached to an aromatic ring is 1. The van der Waals surface area contributed by atoms with Crippen LogP contribution in [0.3, 0.4) is 0 Å². The molecule has 114 valence electrons. The summed E-state index contributed by atoms with van der Waals surface area (Å²) in [6, 6.07) is 0. The summed E-state index contributed by atoms with van der Waals surface area (Å²) in [5.41, 5.74) is 6.30. The summed E-state index contributed by atoms with van der Waals surface area (Å²) in [5.74, 6) is 0.903. The fraction of sp³-hybridized carbons (Fsp3) is 0.500. The first kappa shape index (κ1) is 15.5. The first-order valence-electron chi connectivity index (χ1n) is 6.99. The van der Waals surface area contributed by atoms with Crippen LogP contribution in [0.1, 0.15) is 48.0 Å². The monoisotopic (exact) mass is 308 g/mol. The molecular weight excluding hydrogens is 288 g/mol. The van der Waals surface area contributed by atoms with E-state index in [1.165, 1.54) is 0 Å². The van der Waals surface area contributed by atoms with Crippen LogP contribution in [0, 0.1) is 0 Å². The second kappa shape index (κ2) is 6.71. The molecule has 6 nitrogen and oxygen atoms in total. The molecule has 1 atom stereocenters. The van der Waals surface area contributed by atoms with E-state index < -0.39 is 5.97 Å². The molecule has 0 spiro atoms. The molecule has 21 heavy (non-hydrogen) atoms. The van der Waals surface area contributed by atoms with Crippen LogP contribution >= 0.6 is 11.3 Å². The number of esters is 1. The minimum atomic E-state index is -0.467. The topological polar surface area (TPSA) is 83.0 Å². The number of nitrogens with zero attached hydrogens (tertiary/aromatic N) is 3. The van der Waals surface area contributed by atoms with Gasteiger partial charge in [-0.3, -0.25) is 0 Å². The van der Waals surface area contributed by atoms with Gasteiger partial charge in [0, 0.05) is 30.5 Å². The second-order valence-electron chi connectivity index (χ2n) is 4.72. The van der Waals surface area contributed by atoms with Gasteiger partial charge in [-0.2, -0.15) is 0 Å². The molecule has 0 saturated carbocycles. The Balaban J connectivity index is 2.28. The zero-order valence-corrected chi connectivity index (χ0v) is 13.3. The first-order valence-corrected chi connectivity index (χ1v) is 7.87. The average Bonchev–Trinajstić information content (AvgIpc) is 3.09. The van der Waals surface area contributed by atoms with Crippen molar-refractivity contribution in [2.45, 2.75) is 39.7 Å². The maximum absolute atomic E-state index is 11.9. The third-order valence-electron chi connectivity index (χ3n) is 3.20. The zero-order chi connectivity index (χ0) is 15.4. The number of aromatic nitrogens is 3. The van der Waals surface area contributed by atoms with Gasteiger partial charge in [0.25, 0.3) is 0 Å². The van der Waals surface area contributed by atoms with E-state index in [0.717, 1.165) is 10.8 Å². The molecule has 0 saturated heterocycles. The molecule has 2 aromatic rings. The first-order chi connectivity index (χ1) is 10.1. The zero-order valence-electron chi connectivity index (χ0n) is 12.5. The number of hydrogen-bond acceptors (Lipinski definition) is 6. The number of carbonyl (C=O) groups excluding carboxylic acids is 1. The van der Waals surface area contributed by atoms with Crippen LogP contribution in [0.25, 0.3) is 0 Å². The van der Waals surface area contributed by atoms with Crippen molar-refractivity contribution in [3.05, 3.63) is 28.1 Å². The highest BCUT2D eigenvalue weighted by Gasteiger charge is 2.22. The molecule has 1 unspecified atom stereocenters. The summed E-state index contributed by atoms with van der Waals surface area (Å²) >= 11 is 1.61. The number of rotatable bonds is 6. The quantitative estimate of drug-likeness (QED) is 0.829. The van der Waals surface area contributed by atoms with Gasteiger partial charge in [0.1, 0.15) is 11.6 Å². The fourth-order valence-electron chi connectivity index (χ4n) is 2.17. The normalized spacial score (nSPS) is 12.3. The van der Waals surface area contributed by atoms with E-state index in [4.69, 9.17) is 10.5 Å². The number of anilines is 1. The molecule has 0 fully saturated rings. The van der Waals surface area contributed by atoms with E-state index in [1.54, 1.807) is 24.5 Å². The van der Waals surface area contributed by atoms with Crippen LogP contribution in [0.15, 0.2) is 11.6 Å². The highest BCUT2D eigenvalue weighted by atomic mass is 32.1. The smallest absolute Gasteiger partial charge is 0.360 e. The number of thiazole rings is 1. The van der Waals surface area contributed by atoms with Gasteiger partial charge in [-0.25, -0.2) is 14.8 Å². The Bertz CT molecular complexity index is 607.